The van der Waals surface area contributed by atoms with Crippen molar-refractivity contribution in [2.75, 3.05) is 23.3 Å². The number of nitrogens with two attached hydrogens (primary N) is 1. The van der Waals surface area contributed by atoms with E-state index >= 15 is 0 Å². The third kappa shape index (κ3) is 5.00. The van der Waals surface area contributed by atoms with Gasteiger partial charge in [-0.1, -0.05) is 43.2 Å². The van der Waals surface area contributed by atoms with Gasteiger partial charge in [0.25, 0.3) is 5.69 Å². The smallest absolute Gasteiger partial charge is 0.269 e. The molecule has 1 aliphatic heterocycles. The summed E-state index contributed by atoms with van der Waals surface area (Å²) in [5.41, 5.74) is 10.4. The number of aromatic nitrogens is 1. The lowest BCUT2D eigenvalue weighted by molar-refractivity contribution is -0.384. The first-order chi connectivity index (χ1) is 17.0. The van der Waals surface area contributed by atoms with Gasteiger partial charge in [-0.2, -0.15) is 0 Å². The number of non-ortho nitro benzene ring substituents is 1. The predicted molar refractivity (Wildman–Crippen MR) is 141 cm³/mol. The number of nitrogens with zero attached hydrogens (tertiary/aromatic N) is 3. The fraction of sp³-hybridized carbons (Fsp3) is 0.393. The second kappa shape index (κ2) is 10.0. The highest BCUT2D eigenvalue weighted by atomic mass is 16.6. The van der Waals surface area contributed by atoms with Crippen LogP contribution in [0.3, 0.4) is 0 Å². The fourth-order valence-corrected chi connectivity index (χ4v) is 5.85. The van der Waals surface area contributed by atoms with E-state index in [1.807, 2.05) is 30.5 Å². The summed E-state index contributed by atoms with van der Waals surface area (Å²) >= 11 is 0. The number of piperidine rings is 1. The molecule has 3 unspecified atom stereocenters. The molecule has 2 aliphatic rings. The van der Waals surface area contributed by atoms with Gasteiger partial charge in [-0.15, -0.1) is 0 Å². The number of rotatable bonds is 6. The van der Waals surface area contributed by atoms with Crippen molar-refractivity contribution in [3.63, 3.8) is 0 Å². The average molecular weight is 472 g/mol. The highest BCUT2D eigenvalue weighted by molar-refractivity contribution is 5.66. The Morgan fingerprint density at radius 1 is 1.00 bits per heavy atom. The van der Waals surface area contributed by atoms with Crippen LogP contribution >= 0.6 is 0 Å². The monoisotopic (exact) mass is 471 g/mol. The van der Waals surface area contributed by atoms with Gasteiger partial charge in [0.15, 0.2) is 0 Å². The van der Waals surface area contributed by atoms with Crippen molar-refractivity contribution in [3.8, 4) is 11.1 Å². The number of benzene rings is 2. The first-order valence-electron chi connectivity index (χ1n) is 12.6. The van der Waals surface area contributed by atoms with Gasteiger partial charge in [-0.3, -0.25) is 10.1 Å². The molecule has 7 nitrogen and oxygen atoms in total. The third-order valence-corrected chi connectivity index (χ3v) is 7.80. The molecule has 7 heteroatoms. The summed E-state index contributed by atoms with van der Waals surface area (Å²) in [6.07, 6.45) is 8.34. The first kappa shape index (κ1) is 23.3. The highest BCUT2D eigenvalue weighted by Crippen LogP contribution is 2.39. The third-order valence-electron chi connectivity index (χ3n) is 7.80. The average Bonchev–Trinajstić information content (AvgIpc) is 2.91. The molecule has 3 aromatic rings. The van der Waals surface area contributed by atoms with Crippen LogP contribution in [0.25, 0.3) is 11.1 Å². The predicted octanol–water partition coefficient (Wildman–Crippen LogP) is 5.63. The summed E-state index contributed by atoms with van der Waals surface area (Å²) in [7, 11) is 0. The Bertz CT molecular complexity index is 1150. The summed E-state index contributed by atoms with van der Waals surface area (Å²) < 4.78 is 0. The van der Waals surface area contributed by atoms with E-state index in [4.69, 9.17) is 5.73 Å². The number of nitro groups is 1. The Balaban J connectivity index is 1.34. The topological polar surface area (TPSA) is 97.3 Å². The number of hydrogen-bond acceptors (Lipinski definition) is 6. The first-order valence-corrected chi connectivity index (χ1v) is 12.6. The van der Waals surface area contributed by atoms with E-state index in [0.717, 1.165) is 68.7 Å². The maximum Gasteiger partial charge on any atom is 0.269 e. The van der Waals surface area contributed by atoms with Crippen LogP contribution in [0.15, 0.2) is 72.9 Å². The molecule has 1 aliphatic carbocycles. The van der Waals surface area contributed by atoms with E-state index in [9.17, 15) is 10.1 Å². The van der Waals surface area contributed by atoms with Gasteiger partial charge in [-0.05, 0) is 67.0 Å². The standard InChI is InChI=1S/C28H33N5O2/c29-28(23-9-6-18-32(20-23)24-11-13-25(14-12-24)33(34)35)16-5-4-10-26(28)31-27-19-22(15-17-30-27)21-7-2-1-3-8-21/h1-3,7-8,11-15,17,19,23,26H,4-6,9-10,16,18,20,29H2,(H,30,31). The van der Waals surface area contributed by atoms with Crippen LogP contribution in [-0.4, -0.2) is 34.6 Å². The van der Waals surface area contributed by atoms with Gasteiger partial charge in [0.05, 0.1) is 4.92 Å². The molecular weight excluding hydrogens is 438 g/mol. The fourth-order valence-electron chi connectivity index (χ4n) is 5.85. The second-order valence-electron chi connectivity index (χ2n) is 9.91. The minimum absolute atomic E-state index is 0.124. The molecule has 2 heterocycles. The van der Waals surface area contributed by atoms with Crippen molar-refractivity contribution in [1.29, 1.82) is 0 Å². The molecule has 1 saturated carbocycles. The van der Waals surface area contributed by atoms with Crippen LogP contribution in [0, 0.1) is 16.0 Å². The molecule has 2 aromatic carbocycles. The zero-order valence-electron chi connectivity index (χ0n) is 20.0. The zero-order valence-corrected chi connectivity index (χ0v) is 20.0. The number of hydrogen-bond donors (Lipinski definition) is 2. The summed E-state index contributed by atoms with van der Waals surface area (Å²) in [6.45, 7) is 1.81. The Kier molecular flexibility index (Phi) is 6.68. The van der Waals surface area contributed by atoms with Crippen LogP contribution < -0.4 is 16.0 Å². The molecule has 0 bridgehead atoms. The summed E-state index contributed by atoms with van der Waals surface area (Å²) in [5, 5.41) is 14.8. The Labute approximate surface area is 206 Å². The Morgan fingerprint density at radius 3 is 2.57 bits per heavy atom. The molecule has 2 fully saturated rings. The van der Waals surface area contributed by atoms with Crippen LogP contribution in [0.5, 0.6) is 0 Å². The molecule has 1 saturated heterocycles. The number of nitrogens with one attached hydrogen (secondary N) is 1. The van der Waals surface area contributed by atoms with Gasteiger partial charge in [0.1, 0.15) is 5.82 Å². The molecule has 3 N–H and O–H groups in total. The number of anilines is 2. The quantitative estimate of drug-likeness (QED) is 0.357. The van der Waals surface area contributed by atoms with E-state index in [2.05, 4.69) is 45.5 Å². The maximum atomic E-state index is 11.0. The van der Waals surface area contributed by atoms with Crippen molar-refractivity contribution in [2.24, 2.45) is 11.7 Å². The second-order valence-corrected chi connectivity index (χ2v) is 9.91. The Morgan fingerprint density at radius 2 is 1.80 bits per heavy atom. The molecular formula is C28H33N5O2. The molecule has 0 radical (unpaired) electrons. The number of nitro benzene ring substituents is 1. The maximum absolute atomic E-state index is 11.0. The lowest BCUT2D eigenvalue weighted by Gasteiger charge is -2.50. The van der Waals surface area contributed by atoms with E-state index in [1.54, 1.807) is 12.1 Å². The van der Waals surface area contributed by atoms with Gasteiger partial charge in [0.2, 0.25) is 0 Å². The van der Waals surface area contributed by atoms with Gasteiger partial charge in [-0.25, -0.2) is 4.98 Å². The molecule has 0 spiro atoms. The van der Waals surface area contributed by atoms with Crippen LogP contribution in [0.2, 0.25) is 0 Å². The molecule has 1 aromatic heterocycles. The molecule has 182 valence electrons. The molecule has 5 rings (SSSR count). The van der Waals surface area contributed by atoms with E-state index in [0.29, 0.717) is 5.92 Å². The zero-order chi connectivity index (χ0) is 24.3. The minimum Gasteiger partial charge on any atom is -0.371 e. The van der Waals surface area contributed by atoms with Crippen LogP contribution in [0.1, 0.15) is 38.5 Å². The Hall–Kier alpha value is -3.45. The summed E-state index contributed by atoms with van der Waals surface area (Å²) in [5.74, 6) is 1.21. The SMILES string of the molecule is NC1(C2CCCN(c3ccc([N+](=O)[O-])cc3)C2)CCCCC1Nc1cc(-c2ccccc2)ccn1. The summed E-state index contributed by atoms with van der Waals surface area (Å²) in [4.78, 5) is 17.7. The van der Waals surface area contributed by atoms with E-state index < -0.39 is 0 Å². The largest absolute Gasteiger partial charge is 0.371 e. The van der Waals surface area contributed by atoms with E-state index in [1.165, 1.54) is 5.56 Å². The molecule has 3 atom stereocenters. The lowest BCUT2D eigenvalue weighted by Crippen LogP contribution is -2.64. The number of pyridine rings is 1. The van der Waals surface area contributed by atoms with Crippen LogP contribution in [-0.2, 0) is 0 Å². The van der Waals surface area contributed by atoms with Gasteiger partial charge >= 0.3 is 0 Å². The molecule has 35 heavy (non-hydrogen) atoms. The van der Waals surface area contributed by atoms with Crippen molar-refractivity contribution in [2.45, 2.75) is 50.1 Å². The van der Waals surface area contributed by atoms with Gasteiger partial charge in [0, 0.05) is 48.7 Å². The normalized spacial score (nSPS) is 24.7. The molecule has 0 amide bonds. The van der Waals surface area contributed by atoms with Gasteiger partial charge < -0.3 is 16.0 Å². The lowest BCUT2D eigenvalue weighted by atomic mass is 9.67. The minimum atomic E-state index is -0.350. The van der Waals surface area contributed by atoms with E-state index in [-0.39, 0.29) is 22.2 Å². The summed E-state index contributed by atoms with van der Waals surface area (Å²) in [6, 6.07) is 21.6. The highest BCUT2D eigenvalue weighted by Gasteiger charge is 2.45. The van der Waals surface area contributed by atoms with Crippen molar-refractivity contribution >= 4 is 17.2 Å². The van der Waals surface area contributed by atoms with Crippen molar-refractivity contribution in [3.05, 3.63) is 83.0 Å². The van der Waals surface area contributed by atoms with Crippen LogP contribution in [0.4, 0.5) is 17.2 Å². The van der Waals surface area contributed by atoms with Crippen molar-refractivity contribution < 1.29 is 4.92 Å². The van der Waals surface area contributed by atoms with Crippen molar-refractivity contribution in [1.82, 2.24) is 4.98 Å².